The number of carbonyl (C=O) groups is 3. The lowest BCUT2D eigenvalue weighted by molar-refractivity contribution is -0.384. The van der Waals surface area contributed by atoms with Crippen LogP contribution in [-0.2, 0) is 23.9 Å². The summed E-state index contributed by atoms with van der Waals surface area (Å²) in [5.74, 6) is -2.50. The lowest BCUT2D eigenvalue weighted by Gasteiger charge is -2.34. The second-order valence-electron chi connectivity index (χ2n) is 9.67. The van der Waals surface area contributed by atoms with E-state index in [1.807, 2.05) is 0 Å². The van der Waals surface area contributed by atoms with Gasteiger partial charge in [0.05, 0.1) is 23.5 Å². The van der Waals surface area contributed by atoms with Crippen LogP contribution in [0.5, 0.6) is 0 Å². The maximum atomic E-state index is 14.0. The molecule has 188 valence electrons. The summed E-state index contributed by atoms with van der Waals surface area (Å²) in [4.78, 5) is 52.1. The highest BCUT2D eigenvalue weighted by Gasteiger charge is 2.43. The third kappa shape index (κ3) is 5.36. The van der Waals surface area contributed by atoms with Crippen LogP contribution in [0.3, 0.4) is 0 Å². The normalized spacial score (nSPS) is 20.5. The molecule has 0 unspecified atom stereocenters. The first kappa shape index (κ1) is 25.9. The summed E-state index contributed by atoms with van der Waals surface area (Å²) in [6.07, 6.45) is 1.08. The van der Waals surface area contributed by atoms with E-state index in [1.54, 1.807) is 40.7 Å². The molecule has 0 bridgehead atoms. The van der Waals surface area contributed by atoms with E-state index in [0.29, 0.717) is 36.3 Å². The molecule has 35 heavy (non-hydrogen) atoms. The number of nitro benzene ring substituents is 1. The number of likely N-dealkylation sites (tertiary alicyclic amines) is 1. The van der Waals surface area contributed by atoms with Gasteiger partial charge in [0.15, 0.2) is 0 Å². The standard InChI is InChI=1S/C25H31N3O7/c1-14-19(22(29)27-12-8-11-18(27)23(30)35-25(3,4)5)21(20(15(2)26-14)24(31)34-6)16-9-7-10-17(13-16)28(32)33/h7,9-10,13,18,21,26H,8,11-12H2,1-6H3/t18-,21+/m0/s1. The molecule has 0 aromatic heterocycles. The second-order valence-corrected chi connectivity index (χ2v) is 9.67. The molecular weight excluding hydrogens is 454 g/mol. The van der Waals surface area contributed by atoms with Crippen molar-refractivity contribution in [3.63, 3.8) is 0 Å². The van der Waals surface area contributed by atoms with Gasteiger partial charge in [0, 0.05) is 35.6 Å². The first-order valence-electron chi connectivity index (χ1n) is 11.4. The number of nitrogens with one attached hydrogen (secondary N) is 1. The number of carbonyl (C=O) groups excluding carboxylic acids is 3. The molecule has 10 nitrogen and oxygen atoms in total. The Kier molecular flexibility index (Phi) is 7.33. The van der Waals surface area contributed by atoms with E-state index in [-0.39, 0.29) is 16.8 Å². The van der Waals surface area contributed by atoms with Crippen LogP contribution in [-0.4, -0.2) is 53.0 Å². The number of nitro groups is 1. The topological polar surface area (TPSA) is 128 Å². The molecule has 1 aromatic rings. The van der Waals surface area contributed by atoms with Crippen LogP contribution in [0.4, 0.5) is 5.69 Å². The monoisotopic (exact) mass is 485 g/mol. The molecule has 0 spiro atoms. The molecule has 1 amide bonds. The number of non-ortho nitro benzene ring substituents is 1. The summed E-state index contributed by atoms with van der Waals surface area (Å²) in [6, 6.07) is 5.07. The number of ether oxygens (including phenoxy) is 2. The van der Waals surface area contributed by atoms with Crippen LogP contribution in [0.25, 0.3) is 0 Å². The largest absolute Gasteiger partial charge is 0.466 e. The van der Waals surface area contributed by atoms with Crippen molar-refractivity contribution in [3.8, 4) is 0 Å². The van der Waals surface area contributed by atoms with Gasteiger partial charge in [0.2, 0.25) is 0 Å². The van der Waals surface area contributed by atoms with Gasteiger partial charge >= 0.3 is 11.9 Å². The smallest absolute Gasteiger partial charge is 0.336 e. The maximum absolute atomic E-state index is 14.0. The van der Waals surface area contributed by atoms with Crippen molar-refractivity contribution >= 4 is 23.5 Å². The van der Waals surface area contributed by atoms with Crippen molar-refractivity contribution in [1.82, 2.24) is 10.2 Å². The molecule has 2 heterocycles. The van der Waals surface area contributed by atoms with Gasteiger partial charge < -0.3 is 19.7 Å². The third-order valence-electron chi connectivity index (χ3n) is 6.00. The molecule has 1 fully saturated rings. The van der Waals surface area contributed by atoms with E-state index in [0.717, 1.165) is 0 Å². The average molecular weight is 486 g/mol. The fourth-order valence-corrected chi connectivity index (χ4v) is 4.59. The molecule has 10 heteroatoms. The number of amides is 1. The van der Waals surface area contributed by atoms with Crippen LogP contribution in [0, 0.1) is 10.1 Å². The van der Waals surface area contributed by atoms with E-state index in [2.05, 4.69) is 5.32 Å². The lowest BCUT2D eigenvalue weighted by Crippen LogP contribution is -2.46. The van der Waals surface area contributed by atoms with Crippen molar-refractivity contribution in [2.24, 2.45) is 0 Å². The zero-order chi connectivity index (χ0) is 26.1. The second kappa shape index (κ2) is 9.89. The molecule has 2 aliphatic rings. The van der Waals surface area contributed by atoms with E-state index in [1.165, 1.54) is 30.2 Å². The molecule has 1 N–H and O–H groups in total. The minimum Gasteiger partial charge on any atom is -0.466 e. The molecule has 0 saturated carbocycles. The molecule has 1 saturated heterocycles. The number of nitrogens with zero attached hydrogens (tertiary/aromatic N) is 2. The van der Waals surface area contributed by atoms with Crippen molar-refractivity contribution in [3.05, 3.63) is 62.5 Å². The van der Waals surface area contributed by atoms with Crippen molar-refractivity contribution in [2.75, 3.05) is 13.7 Å². The Morgan fingerprint density at radius 2 is 1.80 bits per heavy atom. The van der Waals surface area contributed by atoms with Gasteiger partial charge in [0.1, 0.15) is 11.6 Å². The van der Waals surface area contributed by atoms with E-state index < -0.39 is 40.3 Å². The summed E-state index contributed by atoms with van der Waals surface area (Å²) in [6.45, 7) is 9.01. The number of dihydropyridines is 1. The van der Waals surface area contributed by atoms with Crippen LogP contribution < -0.4 is 5.32 Å². The number of hydrogen-bond acceptors (Lipinski definition) is 8. The summed E-state index contributed by atoms with van der Waals surface area (Å²) in [5, 5.41) is 14.5. The van der Waals surface area contributed by atoms with E-state index in [9.17, 15) is 24.5 Å². The van der Waals surface area contributed by atoms with Crippen LogP contribution in [0.2, 0.25) is 0 Å². The fraction of sp³-hybridized carbons (Fsp3) is 0.480. The van der Waals surface area contributed by atoms with Gasteiger partial charge in [-0.1, -0.05) is 12.1 Å². The SMILES string of the molecule is COC(=O)C1=C(C)NC(C)=C(C(=O)N2CCC[C@H]2C(=O)OC(C)(C)C)[C@H]1c1cccc([N+](=O)[O-])c1. The quantitative estimate of drug-likeness (QED) is 0.382. The van der Waals surface area contributed by atoms with E-state index >= 15 is 0 Å². The Bertz CT molecular complexity index is 1130. The summed E-state index contributed by atoms with van der Waals surface area (Å²) >= 11 is 0. The Morgan fingerprint density at radius 3 is 2.40 bits per heavy atom. The number of esters is 2. The number of rotatable bonds is 5. The maximum Gasteiger partial charge on any atom is 0.336 e. The lowest BCUT2D eigenvalue weighted by atomic mass is 9.79. The van der Waals surface area contributed by atoms with E-state index in [4.69, 9.17) is 9.47 Å². The van der Waals surface area contributed by atoms with Crippen LogP contribution in [0.1, 0.15) is 58.9 Å². The molecule has 2 aliphatic heterocycles. The van der Waals surface area contributed by atoms with Gasteiger partial charge in [-0.2, -0.15) is 0 Å². The van der Waals surface area contributed by atoms with Crippen LogP contribution >= 0.6 is 0 Å². The van der Waals surface area contributed by atoms with Crippen molar-refractivity contribution in [2.45, 2.75) is 65.0 Å². The summed E-state index contributed by atoms with van der Waals surface area (Å²) in [7, 11) is 1.23. The van der Waals surface area contributed by atoms with Crippen molar-refractivity contribution in [1.29, 1.82) is 0 Å². The van der Waals surface area contributed by atoms with Crippen LogP contribution in [0.15, 0.2) is 46.8 Å². The Labute approximate surface area is 204 Å². The first-order valence-corrected chi connectivity index (χ1v) is 11.4. The highest BCUT2D eigenvalue weighted by Crippen LogP contribution is 2.41. The first-order chi connectivity index (χ1) is 16.4. The van der Waals surface area contributed by atoms with Gasteiger partial charge in [-0.25, -0.2) is 9.59 Å². The molecule has 1 aromatic carbocycles. The molecule has 2 atom stereocenters. The summed E-state index contributed by atoms with van der Waals surface area (Å²) < 4.78 is 10.5. The van der Waals surface area contributed by atoms with Crippen molar-refractivity contribution < 1.29 is 28.8 Å². The van der Waals surface area contributed by atoms with Gasteiger partial charge in [0.25, 0.3) is 11.6 Å². The molecule has 0 aliphatic carbocycles. The Hall–Kier alpha value is -3.69. The Balaban J connectivity index is 2.10. The molecular formula is C25H31N3O7. The number of methoxy groups -OCH3 is 1. The predicted octanol–water partition coefficient (Wildman–Crippen LogP) is 3.34. The third-order valence-corrected chi connectivity index (χ3v) is 6.00. The summed E-state index contributed by atoms with van der Waals surface area (Å²) in [5.41, 5.74) is 0.900. The number of hydrogen-bond donors (Lipinski definition) is 1. The number of benzene rings is 1. The molecule has 0 radical (unpaired) electrons. The van der Waals surface area contributed by atoms with Gasteiger partial charge in [-0.05, 0) is 53.0 Å². The predicted molar refractivity (Wildman–Crippen MR) is 127 cm³/mol. The highest BCUT2D eigenvalue weighted by molar-refractivity contribution is 6.03. The molecule has 3 rings (SSSR count). The minimum atomic E-state index is -0.920. The zero-order valence-electron chi connectivity index (χ0n) is 20.8. The average Bonchev–Trinajstić information content (AvgIpc) is 3.27. The van der Waals surface area contributed by atoms with Gasteiger partial charge in [-0.15, -0.1) is 0 Å². The zero-order valence-corrected chi connectivity index (χ0v) is 20.8. The fourth-order valence-electron chi connectivity index (χ4n) is 4.59. The highest BCUT2D eigenvalue weighted by atomic mass is 16.6. The minimum absolute atomic E-state index is 0.167. The number of allylic oxidation sites excluding steroid dienone is 2. The van der Waals surface area contributed by atoms with Gasteiger partial charge in [-0.3, -0.25) is 14.9 Å². The Morgan fingerprint density at radius 1 is 1.14 bits per heavy atom.